The molecule has 4 rings (SSSR count). The average molecular weight is 317 g/mol. The van der Waals surface area contributed by atoms with Gasteiger partial charge in [0.25, 0.3) is 0 Å². The summed E-state index contributed by atoms with van der Waals surface area (Å²) in [5.41, 5.74) is 2.39. The molecule has 1 aliphatic carbocycles. The lowest BCUT2D eigenvalue weighted by Gasteiger charge is -2.44. The molecule has 2 aliphatic heterocycles. The molecule has 3 aliphatic rings. The van der Waals surface area contributed by atoms with Gasteiger partial charge in [0, 0.05) is 44.8 Å². The van der Waals surface area contributed by atoms with Crippen molar-refractivity contribution in [3.8, 4) is 0 Å². The van der Waals surface area contributed by atoms with Crippen LogP contribution in [0.5, 0.6) is 0 Å². The summed E-state index contributed by atoms with van der Waals surface area (Å²) in [5, 5.41) is 3.02. The van der Waals surface area contributed by atoms with E-state index in [1.165, 1.54) is 24.2 Å². The van der Waals surface area contributed by atoms with Crippen molar-refractivity contribution in [2.24, 2.45) is 5.92 Å². The lowest BCUT2D eigenvalue weighted by atomic mass is 9.86. The van der Waals surface area contributed by atoms with Crippen LogP contribution >= 0.6 is 0 Å². The van der Waals surface area contributed by atoms with Crippen molar-refractivity contribution < 1.29 is 4.79 Å². The van der Waals surface area contributed by atoms with E-state index in [0.29, 0.717) is 0 Å². The highest BCUT2D eigenvalue weighted by Crippen LogP contribution is 2.43. The summed E-state index contributed by atoms with van der Waals surface area (Å²) in [5.74, 6) is 0.857. The molecule has 1 atom stereocenters. The van der Waals surface area contributed by atoms with Crippen molar-refractivity contribution in [3.05, 3.63) is 17.7 Å². The zero-order valence-corrected chi connectivity index (χ0v) is 14.0. The fourth-order valence-electron chi connectivity index (χ4n) is 4.16. The predicted molar refractivity (Wildman–Crippen MR) is 88.1 cm³/mol. The number of aromatic nitrogens is 2. The topological polar surface area (TPSA) is 64.3 Å². The minimum Gasteiger partial charge on any atom is -0.348 e. The quantitative estimate of drug-likeness (QED) is 0.888. The molecule has 2 fully saturated rings. The number of nitrogens with one attached hydrogen (secondary N) is 2. The third kappa shape index (κ3) is 2.63. The molecule has 3 heterocycles. The Balaban J connectivity index is 1.57. The van der Waals surface area contributed by atoms with Crippen LogP contribution in [0.4, 0.5) is 4.79 Å². The van der Waals surface area contributed by atoms with E-state index in [1.54, 1.807) is 0 Å². The molecule has 2 amide bonds. The van der Waals surface area contributed by atoms with Gasteiger partial charge in [-0.3, -0.25) is 4.90 Å². The maximum absolute atomic E-state index is 12.4. The van der Waals surface area contributed by atoms with Crippen LogP contribution in [0, 0.1) is 5.92 Å². The minimum atomic E-state index is -0.0697. The summed E-state index contributed by atoms with van der Waals surface area (Å²) in [6.45, 7) is 6.67. The Morgan fingerprint density at radius 2 is 2.35 bits per heavy atom. The molecule has 1 aromatic rings. The number of likely N-dealkylation sites (tertiary alicyclic amines) is 1. The van der Waals surface area contributed by atoms with Crippen molar-refractivity contribution >= 4 is 6.03 Å². The number of imidazole rings is 1. The molecule has 2 N–H and O–H groups in total. The van der Waals surface area contributed by atoms with E-state index in [4.69, 9.17) is 0 Å². The lowest BCUT2D eigenvalue weighted by Crippen LogP contribution is -2.54. The number of hydrogen-bond acceptors (Lipinski definition) is 3. The van der Waals surface area contributed by atoms with Gasteiger partial charge in [-0.2, -0.15) is 0 Å². The number of hydrogen-bond donors (Lipinski definition) is 2. The average Bonchev–Trinajstić information content (AvgIpc) is 3.07. The van der Waals surface area contributed by atoms with Crippen molar-refractivity contribution in [3.63, 3.8) is 0 Å². The van der Waals surface area contributed by atoms with Gasteiger partial charge in [0.1, 0.15) is 0 Å². The van der Waals surface area contributed by atoms with E-state index in [1.807, 2.05) is 11.2 Å². The largest absolute Gasteiger partial charge is 0.348 e. The molecule has 23 heavy (non-hydrogen) atoms. The second-order valence-electron chi connectivity index (χ2n) is 7.30. The number of rotatable bonds is 4. The highest BCUT2D eigenvalue weighted by molar-refractivity contribution is 5.74. The van der Waals surface area contributed by atoms with Crippen LogP contribution in [0.25, 0.3) is 0 Å². The number of fused-ring (bicyclic) bond motifs is 2. The molecule has 0 aromatic carbocycles. The summed E-state index contributed by atoms with van der Waals surface area (Å²) in [6.07, 6.45) is 7.57. The highest BCUT2D eigenvalue weighted by Gasteiger charge is 2.51. The van der Waals surface area contributed by atoms with Crippen molar-refractivity contribution in [1.29, 1.82) is 0 Å². The summed E-state index contributed by atoms with van der Waals surface area (Å²) in [6, 6.07) is 0.0813. The van der Waals surface area contributed by atoms with Crippen LogP contribution in [0.15, 0.2) is 6.33 Å². The number of urea groups is 1. The molecule has 6 heteroatoms. The van der Waals surface area contributed by atoms with Gasteiger partial charge in [0.15, 0.2) is 0 Å². The van der Waals surface area contributed by atoms with Crippen LogP contribution in [-0.2, 0) is 12.0 Å². The third-order valence-electron chi connectivity index (χ3n) is 5.63. The van der Waals surface area contributed by atoms with Gasteiger partial charge in [-0.15, -0.1) is 0 Å². The first-order valence-electron chi connectivity index (χ1n) is 9.03. The Hall–Kier alpha value is -1.56. The Kier molecular flexibility index (Phi) is 3.79. The van der Waals surface area contributed by atoms with E-state index >= 15 is 0 Å². The summed E-state index contributed by atoms with van der Waals surface area (Å²) >= 11 is 0. The molecule has 0 radical (unpaired) electrons. The second-order valence-corrected chi connectivity index (χ2v) is 7.30. The Bertz CT molecular complexity index is 581. The Morgan fingerprint density at radius 3 is 3.13 bits per heavy atom. The minimum absolute atomic E-state index is 0.0697. The maximum atomic E-state index is 12.4. The van der Waals surface area contributed by atoms with Crippen LogP contribution in [0.3, 0.4) is 0 Å². The van der Waals surface area contributed by atoms with Crippen molar-refractivity contribution in [2.45, 2.75) is 44.6 Å². The molecular weight excluding hydrogens is 290 g/mol. The molecule has 1 saturated heterocycles. The van der Waals surface area contributed by atoms with Crippen LogP contribution in [0.2, 0.25) is 0 Å². The second kappa shape index (κ2) is 5.82. The number of amides is 2. The van der Waals surface area contributed by atoms with Crippen LogP contribution in [-0.4, -0.2) is 58.5 Å². The van der Waals surface area contributed by atoms with Gasteiger partial charge >= 0.3 is 6.03 Å². The fraction of sp³-hybridized carbons (Fsp3) is 0.765. The normalized spacial score (nSPS) is 27.4. The molecule has 0 bridgehead atoms. The fourth-order valence-corrected chi connectivity index (χ4v) is 4.16. The first-order valence-corrected chi connectivity index (χ1v) is 9.03. The number of aromatic amines is 1. The molecule has 1 aromatic heterocycles. The molecule has 1 spiro atoms. The van der Waals surface area contributed by atoms with Gasteiger partial charge in [-0.05, 0) is 31.6 Å². The SMILES string of the molecule is CCCNC(=O)N1CCC2(C1)c1nc[nH]c1CCN2CC1CC1. The van der Waals surface area contributed by atoms with E-state index < -0.39 is 0 Å². The highest BCUT2D eigenvalue weighted by atomic mass is 16.2. The van der Waals surface area contributed by atoms with Gasteiger partial charge < -0.3 is 15.2 Å². The van der Waals surface area contributed by atoms with Gasteiger partial charge in [0.05, 0.1) is 17.6 Å². The molecule has 6 nitrogen and oxygen atoms in total. The van der Waals surface area contributed by atoms with E-state index in [2.05, 4.69) is 27.1 Å². The summed E-state index contributed by atoms with van der Waals surface area (Å²) in [7, 11) is 0. The van der Waals surface area contributed by atoms with Crippen molar-refractivity contribution in [2.75, 3.05) is 32.7 Å². The van der Waals surface area contributed by atoms with E-state index in [-0.39, 0.29) is 11.6 Å². The van der Waals surface area contributed by atoms with Gasteiger partial charge in [0.2, 0.25) is 0 Å². The molecular formula is C17H27N5O. The van der Waals surface area contributed by atoms with Crippen LogP contribution in [0.1, 0.15) is 44.0 Å². The number of carbonyl (C=O) groups excluding carboxylic acids is 1. The number of H-pyrrole nitrogens is 1. The number of carbonyl (C=O) groups is 1. The first-order chi connectivity index (χ1) is 11.2. The smallest absolute Gasteiger partial charge is 0.317 e. The van der Waals surface area contributed by atoms with Gasteiger partial charge in [-0.25, -0.2) is 9.78 Å². The van der Waals surface area contributed by atoms with E-state index in [9.17, 15) is 4.79 Å². The molecule has 1 saturated carbocycles. The zero-order valence-electron chi connectivity index (χ0n) is 14.0. The molecule has 1 unspecified atom stereocenters. The van der Waals surface area contributed by atoms with Crippen LogP contribution < -0.4 is 5.32 Å². The van der Waals surface area contributed by atoms with Crippen molar-refractivity contribution in [1.82, 2.24) is 25.1 Å². The Labute approximate surface area is 137 Å². The standard InChI is InChI=1S/C17H27N5O/c1-2-7-18-16(23)21-9-6-17(11-21)15-14(19-12-20-15)5-8-22(17)10-13-3-4-13/h12-13H,2-11H2,1H3,(H,18,23)(H,19,20). The van der Waals surface area contributed by atoms with Gasteiger partial charge in [-0.1, -0.05) is 6.92 Å². The number of nitrogens with zero attached hydrogens (tertiary/aromatic N) is 3. The predicted octanol–water partition coefficient (Wildman–Crippen LogP) is 1.70. The Morgan fingerprint density at radius 1 is 1.48 bits per heavy atom. The molecule has 126 valence electrons. The third-order valence-corrected chi connectivity index (χ3v) is 5.63. The van der Waals surface area contributed by atoms with E-state index in [0.717, 1.165) is 57.9 Å². The first kappa shape index (κ1) is 15.0. The lowest BCUT2D eigenvalue weighted by molar-refractivity contribution is 0.0722. The monoisotopic (exact) mass is 317 g/mol. The maximum Gasteiger partial charge on any atom is 0.317 e. The zero-order chi connectivity index (χ0) is 15.9. The summed E-state index contributed by atoms with van der Waals surface area (Å²) < 4.78 is 0. The summed E-state index contributed by atoms with van der Waals surface area (Å²) in [4.78, 5) is 25.0.